The van der Waals surface area contributed by atoms with Crippen LogP contribution in [-0.4, -0.2) is 22.0 Å². The van der Waals surface area contributed by atoms with Crippen molar-refractivity contribution in [2.75, 3.05) is 13.6 Å². The monoisotopic (exact) mass is 276 g/mol. The maximum Gasteiger partial charge on any atom is 0.250 e. The molecule has 4 nitrogen and oxygen atoms in total. The smallest absolute Gasteiger partial charge is 0.250 e. The minimum absolute atomic E-state index is 0.308. The lowest BCUT2D eigenvalue weighted by Crippen LogP contribution is -2.26. The van der Waals surface area contributed by atoms with Crippen molar-refractivity contribution < 1.29 is 8.42 Å². The largest absolute Gasteiger partial charge is 0.315 e. The molecule has 0 unspecified atom stereocenters. The van der Waals surface area contributed by atoms with E-state index in [1.807, 2.05) is 27.8 Å². The Balaban J connectivity index is 2.88. The molecule has 1 aromatic rings. The first-order valence-electron chi connectivity index (χ1n) is 5.60. The van der Waals surface area contributed by atoms with E-state index in [1.54, 1.807) is 6.07 Å². The van der Waals surface area contributed by atoms with Crippen molar-refractivity contribution in [2.24, 2.45) is 5.92 Å². The van der Waals surface area contributed by atoms with Crippen molar-refractivity contribution in [3.63, 3.8) is 0 Å². The van der Waals surface area contributed by atoms with Crippen LogP contribution in [-0.2, 0) is 16.6 Å². The quantitative estimate of drug-likeness (QED) is 0.831. The fourth-order valence-corrected chi connectivity index (χ4v) is 4.16. The summed E-state index contributed by atoms with van der Waals surface area (Å²) < 4.78 is 27.0. The van der Waals surface area contributed by atoms with Crippen LogP contribution in [0.2, 0.25) is 0 Å². The van der Waals surface area contributed by atoms with E-state index in [0.29, 0.717) is 23.2 Å². The maximum atomic E-state index is 12.0. The highest BCUT2D eigenvalue weighted by molar-refractivity contribution is 7.91. The van der Waals surface area contributed by atoms with E-state index in [9.17, 15) is 8.42 Å². The number of nitrogens with one attached hydrogen (secondary N) is 2. The summed E-state index contributed by atoms with van der Waals surface area (Å²) in [6, 6.07) is 1.74. The van der Waals surface area contributed by atoms with E-state index in [2.05, 4.69) is 10.0 Å². The zero-order valence-electron chi connectivity index (χ0n) is 10.7. The van der Waals surface area contributed by atoms with E-state index in [0.717, 1.165) is 10.4 Å². The maximum absolute atomic E-state index is 12.0. The van der Waals surface area contributed by atoms with Gasteiger partial charge in [-0.1, -0.05) is 13.8 Å². The van der Waals surface area contributed by atoms with Crippen molar-refractivity contribution in [2.45, 2.75) is 31.5 Å². The molecule has 0 aliphatic heterocycles. The lowest BCUT2D eigenvalue weighted by atomic mass is 10.2. The van der Waals surface area contributed by atoms with E-state index in [-0.39, 0.29) is 0 Å². The van der Waals surface area contributed by atoms with Crippen LogP contribution >= 0.6 is 11.3 Å². The summed E-state index contributed by atoms with van der Waals surface area (Å²) >= 11 is 1.33. The predicted octanol–water partition coefficient (Wildman–Crippen LogP) is 1.71. The SMILES string of the molecule is CNCc1sc(S(=O)(=O)NCC(C)C)cc1C. The second-order valence-electron chi connectivity index (χ2n) is 4.45. The minimum atomic E-state index is -3.33. The zero-order valence-corrected chi connectivity index (χ0v) is 12.3. The predicted molar refractivity (Wildman–Crippen MR) is 71.8 cm³/mol. The van der Waals surface area contributed by atoms with Crippen molar-refractivity contribution in [3.05, 3.63) is 16.5 Å². The first-order chi connectivity index (χ1) is 7.86. The normalized spacial score (nSPS) is 12.3. The number of rotatable bonds is 6. The Labute approximate surface area is 107 Å². The Kier molecular flexibility index (Phi) is 5.12. The van der Waals surface area contributed by atoms with Gasteiger partial charge in [-0.2, -0.15) is 0 Å². The molecule has 0 radical (unpaired) electrons. The van der Waals surface area contributed by atoms with Gasteiger partial charge in [0.05, 0.1) is 0 Å². The molecular formula is C11H20N2O2S2. The Morgan fingerprint density at radius 1 is 1.41 bits per heavy atom. The lowest BCUT2D eigenvalue weighted by Gasteiger charge is -2.06. The highest BCUT2D eigenvalue weighted by atomic mass is 32.2. The second-order valence-corrected chi connectivity index (χ2v) is 7.58. The molecule has 0 aliphatic carbocycles. The van der Waals surface area contributed by atoms with Gasteiger partial charge < -0.3 is 5.32 Å². The standard InChI is InChI=1S/C11H20N2O2S2/c1-8(2)6-13-17(14,15)11-5-9(3)10(16-11)7-12-4/h5,8,12-13H,6-7H2,1-4H3. The molecular weight excluding hydrogens is 256 g/mol. The fourth-order valence-electron chi connectivity index (χ4n) is 1.30. The van der Waals surface area contributed by atoms with Gasteiger partial charge in [-0.3, -0.25) is 0 Å². The van der Waals surface area contributed by atoms with Crippen LogP contribution in [0.3, 0.4) is 0 Å². The van der Waals surface area contributed by atoms with Crippen LogP contribution < -0.4 is 10.0 Å². The Morgan fingerprint density at radius 3 is 2.59 bits per heavy atom. The zero-order chi connectivity index (χ0) is 13.1. The van der Waals surface area contributed by atoms with Crippen LogP contribution in [0.1, 0.15) is 24.3 Å². The van der Waals surface area contributed by atoms with Gasteiger partial charge in [0.1, 0.15) is 4.21 Å². The summed E-state index contributed by atoms with van der Waals surface area (Å²) in [4.78, 5) is 1.07. The number of hydrogen-bond acceptors (Lipinski definition) is 4. The van der Waals surface area contributed by atoms with Crippen LogP contribution in [0.5, 0.6) is 0 Å². The number of thiophene rings is 1. The van der Waals surface area contributed by atoms with Gasteiger partial charge in [-0.05, 0) is 31.5 Å². The molecule has 2 N–H and O–H groups in total. The molecule has 0 bridgehead atoms. The third kappa shape index (κ3) is 4.06. The van der Waals surface area contributed by atoms with Crippen LogP contribution in [0.4, 0.5) is 0 Å². The highest BCUT2D eigenvalue weighted by Crippen LogP contribution is 2.25. The summed E-state index contributed by atoms with van der Waals surface area (Å²) in [6.07, 6.45) is 0. The van der Waals surface area contributed by atoms with Gasteiger partial charge in [-0.25, -0.2) is 13.1 Å². The molecule has 1 rings (SSSR count). The molecule has 0 saturated heterocycles. The van der Waals surface area contributed by atoms with Gasteiger partial charge in [0.15, 0.2) is 0 Å². The topological polar surface area (TPSA) is 58.2 Å². The average Bonchev–Trinajstić information content (AvgIpc) is 2.59. The molecule has 0 aromatic carbocycles. The van der Waals surface area contributed by atoms with Crippen molar-refractivity contribution in [3.8, 4) is 0 Å². The molecule has 1 heterocycles. The van der Waals surface area contributed by atoms with Crippen molar-refractivity contribution in [1.29, 1.82) is 0 Å². The molecule has 1 aromatic heterocycles. The Morgan fingerprint density at radius 2 is 2.06 bits per heavy atom. The van der Waals surface area contributed by atoms with E-state index in [4.69, 9.17) is 0 Å². The van der Waals surface area contributed by atoms with E-state index in [1.165, 1.54) is 11.3 Å². The minimum Gasteiger partial charge on any atom is -0.315 e. The molecule has 17 heavy (non-hydrogen) atoms. The number of hydrogen-bond donors (Lipinski definition) is 2. The fraction of sp³-hybridized carbons (Fsp3) is 0.636. The van der Waals surface area contributed by atoms with Crippen LogP contribution in [0.25, 0.3) is 0 Å². The van der Waals surface area contributed by atoms with Gasteiger partial charge in [0, 0.05) is 18.0 Å². The Hall–Kier alpha value is -0.430. The number of aryl methyl sites for hydroxylation is 1. The van der Waals surface area contributed by atoms with Gasteiger partial charge in [0.2, 0.25) is 10.0 Å². The van der Waals surface area contributed by atoms with E-state index < -0.39 is 10.0 Å². The van der Waals surface area contributed by atoms with Crippen LogP contribution in [0.15, 0.2) is 10.3 Å². The molecule has 98 valence electrons. The van der Waals surface area contributed by atoms with Crippen molar-refractivity contribution in [1.82, 2.24) is 10.0 Å². The second kappa shape index (κ2) is 5.95. The van der Waals surface area contributed by atoms with Crippen LogP contribution in [0, 0.1) is 12.8 Å². The molecule has 0 spiro atoms. The van der Waals surface area contributed by atoms with E-state index >= 15 is 0 Å². The Bertz CT molecular complexity index is 464. The summed E-state index contributed by atoms with van der Waals surface area (Å²) in [7, 11) is -1.48. The lowest BCUT2D eigenvalue weighted by molar-refractivity contribution is 0.562. The molecule has 0 amide bonds. The molecule has 0 atom stereocenters. The van der Waals surface area contributed by atoms with Gasteiger partial charge in [0.25, 0.3) is 0 Å². The summed E-state index contributed by atoms with van der Waals surface area (Å²) in [5, 5.41) is 3.04. The summed E-state index contributed by atoms with van der Waals surface area (Å²) in [6.45, 7) is 7.07. The third-order valence-electron chi connectivity index (χ3n) is 2.28. The number of sulfonamides is 1. The highest BCUT2D eigenvalue weighted by Gasteiger charge is 2.18. The first kappa shape index (κ1) is 14.6. The van der Waals surface area contributed by atoms with Gasteiger partial charge >= 0.3 is 0 Å². The van der Waals surface area contributed by atoms with Gasteiger partial charge in [-0.15, -0.1) is 11.3 Å². The van der Waals surface area contributed by atoms with Crippen molar-refractivity contribution >= 4 is 21.4 Å². The molecule has 0 fully saturated rings. The summed E-state index contributed by atoms with van der Waals surface area (Å²) in [5.41, 5.74) is 1.02. The summed E-state index contributed by atoms with van der Waals surface area (Å²) in [5.74, 6) is 0.308. The molecule has 0 aliphatic rings. The molecule has 6 heteroatoms. The first-order valence-corrected chi connectivity index (χ1v) is 7.90. The molecule has 0 saturated carbocycles. The average molecular weight is 276 g/mol. The third-order valence-corrected chi connectivity index (χ3v) is 5.42.